The molecule has 3 heterocycles. The number of ether oxygens (including phenoxy) is 1. The quantitative estimate of drug-likeness (QED) is 0.381. The molecule has 0 amide bonds. The Kier molecular flexibility index (Phi) is 12.5. The van der Waals surface area contributed by atoms with Gasteiger partial charge in [-0.1, -0.05) is 13.8 Å². The topological polar surface area (TPSA) is 114 Å². The molecule has 1 aromatic carbocycles. The van der Waals surface area contributed by atoms with Crippen molar-refractivity contribution in [2.24, 2.45) is 0 Å². The van der Waals surface area contributed by atoms with E-state index >= 15 is 0 Å². The third kappa shape index (κ3) is 7.26. The van der Waals surface area contributed by atoms with E-state index in [9.17, 15) is 5.11 Å². The van der Waals surface area contributed by atoms with Crippen LogP contribution in [-0.2, 0) is 0 Å². The number of aromatic nitrogens is 1. The second-order valence-corrected chi connectivity index (χ2v) is 8.08. The van der Waals surface area contributed by atoms with Crippen molar-refractivity contribution in [2.45, 2.75) is 52.0 Å². The molecule has 1 aromatic heterocycles. The van der Waals surface area contributed by atoms with E-state index in [2.05, 4.69) is 20.5 Å². The molecule has 2 aliphatic rings. The smallest absolute Gasteiger partial charge is 0.292 e. The normalized spacial score (nSPS) is 15.4. The van der Waals surface area contributed by atoms with Crippen LogP contribution in [0.1, 0.15) is 45.1 Å². The number of phenols is 1. The molecule has 178 valence electrons. The van der Waals surface area contributed by atoms with Gasteiger partial charge in [-0.05, 0) is 57.3 Å². The standard InChI is InChI=1S/C16H21N3O2.C4H6N2S.C2H6.CH4O/c1-12-8-14(20)13(9-15(12)21-11-17)18-10-16-4-2-6-19(16)7-3-5-16;1-5-4-6-2-3-7-4;2*1-2/h8-9,18,20H,2-7,10H2,1H3;2-3H,1H3,(H,5,6);1-2H3;2H,1H3. The summed E-state index contributed by atoms with van der Waals surface area (Å²) in [6, 6.07) is 3.34. The monoisotopic (exact) mass is 463 g/mol. The van der Waals surface area contributed by atoms with Crippen LogP contribution in [0.5, 0.6) is 11.5 Å². The zero-order valence-electron chi connectivity index (χ0n) is 19.8. The van der Waals surface area contributed by atoms with Gasteiger partial charge < -0.3 is 25.6 Å². The lowest BCUT2D eigenvalue weighted by Gasteiger charge is -2.32. The minimum atomic E-state index is 0.205. The van der Waals surface area contributed by atoms with Gasteiger partial charge in [-0.25, -0.2) is 4.98 Å². The van der Waals surface area contributed by atoms with Gasteiger partial charge in [0, 0.05) is 43.9 Å². The van der Waals surface area contributed by atoms with Crippen LogP contribution in [0.2, 0.25) is 0 Å². The van der Waals surface area contributed by atoms with Crippen LogP contribution in [0.15, 0.2) is 23.7 Å². The number of hydrogen-bond acceptors (Lipinski definition) is 9. The number of phenolic OH excluding ortho intramolecular Hbond substituents is 1. The van der Waals surface area contributed by atoms with Crippen molar-refractivity contribution in [1.29, 1.82) is 5.26 Å². The van der Waals surface area contributed by atoms with Crippen LogP contribution in [0, 0.1) is 18.4 Å². The fourth-order valence-electron chi connectivity index (χ4n) is 4.09. The zero-order chi connectivity index (χ0) is 24.0. The number of aromatic hydroxyl groups is 1. The van der Waals surface area contributed by atoms with E-state index in [0.29, 0.717) is 11.4 Å². The molecule has 0 unspecified atom stereocenters. The molecule has 0 atom stereocenters. The first-order valence-electron chi connectivity index (χ1n) is 11.0. The minimum Gasteiger partial charge on any atom is -0.506 e. The first-order valence-corrected chi connectivity index (χ1v) is 11.9. The van der Waals surface area contributed by atoms with Crippen molar-refractivity contribution >= 4 is 22.2 Å². The van der Waals surface area contributed by atoms with Gasteiger partial charge in [0.1, 0.15) is 11.5 Å². The van der Waals surface area contributed by atoms with Crippen LogP contribution in [0.3, 0.4) is 0 Å². The highest BCUT2D eigenvalue weighted by Crippen LogP contribution is 2.40. The van der Waals surface area contributed by atoms with Crippen LogP contribution in [0.25, 0.3) is 0 Å². The molecule has 2 aliphatic heterocycles. The van der Waals surface area contributed by atoms with Crippen LogP contribution < -0.4 is 15.4 Å². The largest absolute Gasteiger partial charge is 0.506 e. The van der Waals surface area contributed by atoms with Gasteiger partial charge in [-0.15, -0.1) is 16.6 Å². The molecule has 2 fully saturated rings. The number of nitrogens with one attached hydrogen (secondary N) is 2. The lowest BCUT2D eigenvalue weighted by molar-refractivity contribution is 0.209. The summed E-state index contributed by atoms with van der Waals surface area (Å²) in [6.07, 6.45) is 8.40. The van der Waals surface area contributed by atoms with Gasteiger partial charge in [0.15, 0.2) is 5.13 Å². The van der Waals surface area contributed by atoms with E-state index in [1.54, 1.807) is 35.9 Å². The summed E-state index contributed by atoms with van der Waals surface area (Å²) in [5, 5.41) is 34.9. The van der Waals surface area contributed by atoms with E-state index in [-0.39, 0.29) is 11.3 Å². The van der Waals surface area contributed by atoms with Crippen LogP contribution in [-0.4, -0.2) is 59.4 Å². The molecule has 0 radical (unpaired) electrons. The number of aliphatic hydroxyl groups excluding tert-OH is 1. The first kappa shape index (κ1) is 27.5. The molecule has 0 saturated carbocycles. The zero-order valence-corrected chi connectivity index (χ0v) is 20.6. The summed E-state index contributed by atoms with van der Waals surface area (Å²) < 4.78 is 4.93. The Hall–Kier alpha value is -2.54. The molecule has 9 heteroatoms. The third-order valence-electron chi connectivity index (χ3n) is 5.51. The molecular formula is C23H37N5O3S. The molecule has 4 N–H and O–H groups in total. The Morgan fingerprint density at radius 1 is 1.25 bits per heavy atom. The van der Waals surface area contributed by atoms with Gasteiger partial charge in [0.2, 0.25) is 0 Å². The van der Waals surface area contributed by atoms with Crippen molar-refractivity contribution in [1.82, 2.24) is 9.88 Å². The molecule has 0 spiro atoms. The lowest BCUT2D eigenvalue weighted by Crippen LogP contribution is -2.44. The SMILES string of the molecule is CC.CNc1nccs1.CO.Cc1cc(O)c(NCC23CCCN2CCC3)cc1OC#N. The average Bonchev–Trinajstić information content (AvgIpc) is 3.55. The highest BCUT2D eigenvalue weighted by Gasteiger charge is 2.43. The van der Waals surface area contributed by atoms with Crippen molar-refractivity contribution < 1.29 is 14.9 Å². The van der Waals surface area contributed by atoms with Crippen molar-refractivity contribution in [3.8, 4) is 17.8 Å². The Bertz CT molecular complexity index is 814. The van der Waals surface area contributed by atoms with Crippen LogP contribution in [0.4, 0.5) is 10.8 Å². The van der Waals surface area contributed by atoms with Gasteiger partial charge in [0.05, 0.1) is 5.69 Å². The molecule has 2 aromatic rings. The van der Waals surface area contributed by atoms with Crippen molar-refractivity contribution in [2.75, 3.05) is 44.4 Å². The number of anilines is 2. The second-order valence-electron chi connectivity index (χ2n) is 7.19. The number of rotatable bonds is 5. The Morgan fingerprint density at radius 3 is 2.41 bits per heavy atom. The van der Waals surface area contributed by atoms with E-state index in [4.69, 9.17) is 15.1 Å². The highest BCUT2D eigenvalue weighted by atomic mass is 32.1. The van der Waals surface area contributed by atoms with E-state index in [1.807, 2.05) is 33.2 Å². The number of aryl methyl sites for hydroxylation is 1. The molecule has 0 aliphatic carbocycles. The minimum absolute atomic E-state index is 0.205. The van der Waals surface area contributed by atoms with Gasteiger partial charge in [-0.3, -0.25) is 4.90 Å². The predicted molar refractivity (Wildman–Crippen MR) is 131 cm³/mol. The Labute approximate surface area is 195 Å². The van der Waals surface area contributed by atoms with E-state index in [1.165, 1.54) is 38.8 Å². The number of benzene rings is 1. The van der Waals surface area contributed by atoms with E-state index < -0.39 is 0 Å². The molecule has 8 nitrogen and oxygen atoms in total. The third-order valence-corrected chi connectivity index (χ3v) is 6.30. The predicted octanol–water partition coefficient (Wildman–Crippen LogP) is 4.42. The molecule has 32 heavy (non-hydrogen) atoms. The maximum atomic E-state index is 10.1. The number of nitriles is 1. The number of nitrogens with zero attached hydrogens (tertiary/aromatic N) is 3. The maximum Gasteiger partial charge on any atom is 0.292 e. The summed E-state index contributed by atoms with van der Waals surface area (Å²) in [5.41, 5.74) is 1.63. The summed E-state index contributed by atoms with van der Waals surface area (Å²) in [4.78, 5) is 6.51. The summed E-state index contributed by atoms with van der Waals surface area (Å²) in [5.74, 6) is 0.696. The number of thiazole rings is 1. The van der Waals surface area contributed by atoms with Crippen LogP contribution >= 0.6 is 11.3 Å². The van der Waals surface area contributed by atoms with Gasteiger partial charge in [0.25, 0.3) is 6.26 Å². The highest BCUT2D eigenvalue weighted by molar-refractivity contribution is 7.13. The number of aliphatic hydroxyl groups is 1. The van der Waals surface area contributed by atoms with Gasteiger partial charge in [-0.2, -0.15) is 0 Å². The Balaban J connectivity index is 0.000000390. The lowest BCUT2D eigenvalue weighted by atomic mass is 9.94. The summed E-state index contributed by atoms with van der Waals surface area (Å²) in [6.45, 7) is 9.01. The molecule has 0 bridgehead atoms. The van der Waals surface area contributed by atoms with Crippen molar-refractivity contribution in [3.63, 3.8) is 0 Å². The Morgan fingerprint density at radius 2 is 1.91 bits per heavy atom. The fourth-order valence-corrected chi connectivity index (χ4v) is 4.58. The average molecular weight is 464 g/mol. The second kappa shape index (κ2) is 14.5. The first-order chi connectivity index (χ1) is 15.6. The molecular weight excluding hydrogens is 426 g/mol. The fraction of sp³-hybridized carbons (Fsp3) is 0.565. The summed E-state index contributed by atoms with van der Waals surface area (Å²) >= 11 is 1.60. The molecule has 4 rings (SSSR count). The van der Waals surface area contributed by atoms with Crippen molar-refractivity contribution in [3.05, 3.63) is 29.3 Å². The summed E-state index contributed by atoms with van der Waals surface area (Å²) in [7, 11) is 2.86. The maximum absolute atomic E-state index is 10.1. The molecule has 2 saturated heterocycles. The van der Waals surface area contributed by atoms with Gasteiger partial charge >= 0.3 is 0 Å². The number of fused-ring (bicyclic) bond motifs is 1. The number of hydrogen-bond donors (Lipinski definition) is 4. The van der Waals surface area contributed by atoms with E-state index in [0.717, 1.165) is 24.3 Å².